The van der Waals surface area contributed by atoms with Gasteiger partial charge in [0, 0.05) is 0 Å². The number of pyridine rings is 1. The molecule has 0 atom stereocenters. The van der Waals surface area contributed by atoms with Gasteiger partial charge in [-0.1, -0.05) is 17.7 Å². The van der Waals surface area contributed by atoms with Crippen LogP contribution in [-0.2, 0) is 10.0 Å². The molecular formula is C12H11ClFN3O2S. The molecule has 0 bridgehead atoms. The van der Waals surface area contributed by atoms with Crippen LogP contribution in [0.15, 0.2) is 35.4 Å². The van der Waals surface area contributed by atoms with E-state index in [9.17, 15) is 12.8 Å². The Morgan fingerprint density at radius 3 is 2.70 bits per heavy atom. The van der Waals surface area contributed by atoms with E-state index in [2.05, 4.69) is 9.71 Å². The van der Waals surface area contributed by atoms with Crippen LogP contribution in [0, 0.1) is 12.7 Å². The quantitative estimate of drug-likeness (QED) is 0.673. The molecule has 0 fully saturated rings. The van der Waals surface area contributed by atoms with Crippen molar-refractivity contribution in [2.24, 2.45) is 0 Å². The first-order valence-electron chi connectivity index (χ1n) is 5.50. The van der Waals surface area contributed by atoms with E-state index in [4.69, 9.17) is 17.3 Å². The molecule has 0 radical (unpaired) electrons. The second-order valence-electron chi connectivity index (χ2n) is 4.10. The predicted molar refractivity (Wildman–Crippen MR) is 75.6 cm³/mol. The molecule has 0 unspecified atom stereocenters. The summed E-state index contributed by atoms with van der Waals surface area (Å²) >= 11 is 5.75. The van der Waals surface area contributed by atoms with Crippen molar-refractivity contribution in [3.8, 4) is 0 Å². The van der Waals surface area contributed by atoms with E-state index in [1.54, 1.807) is 6.92 Å². The summed E-state index contributed by atoms with van der Waals surface area (Å²) in [5.41, 5.74) is 6.12. The maximum Gasteiger partial charge on any atom is 0.266 e. The van der Waals surface area contributed by atoms with Crippen LogP contribution >= 0.6 is 11.6 Å². The number of nitrogen functional groups attached to an aromatic ring is 1. The first kappa shape index (κ1) is 14.5. The van der Waals surface area contributed by atoms with Crippen molar-refractivity contribution < 1.29 is 12.8 Å². The van der Waals surface area contributed by atoms with Gasteiger partial charge in [0.25, 0.3) is 10.0 Å². The van der Waals surface area contributed by atoms with Crippen LogP contribution in [-0.4, -0.2) is 13.4 Å². The normalized spacial score (nSPS) is 11.3. The second kappa shape index (κ2) is 5.26. The van der Waals surface area contributed by atoms with Crippen molar-refractivity contribution in [1.29, 1.82) is 0 Å². The minimum absolute atomic E-state index is 0.170. The van der Waals surface area contributed by atoms with Gasteiger partial charge in [-0.25, -0.2) is 17.8 Å². The zero-order valence-corrected chi connectivity index (χ0v) is 12.0. The Morgan fingerprint density at radius 2 is 2.10 bits per heavy atom. The van der Waals surface area contributed by atoms with Crippen molar-refractivity contribution in [2.75, 3.05) is 10.5 Å². The van der Waals surface area contributed by atoms with Crippen molar-refractivity contribution in [3.05, 3.63) is 47.0 Å². The number of hydrogen-bond donors (Lipinski definition) is 2. The largest absolute Gasteiger partial charge is 0.398 e. The van der Waals surface area contributed by atoms with Crippen LogP contribution in [0.3, 0.4) is 0 Å². The molecule has 0 spiro atoms. The Kier molecular flexibility index (Phi) is 3.82. The standard InChI is InChI=1S/C12H11ClFN3O2S/c1-7-5-8(6-16-12(7)13)17-20(18,19)11-9(14)3-2-4-10(11)15/h2-6,17H,15H2,1H3. The first-order valence-corrected chi connectivity index (χ1v) is 7.36. The molecular weight excluding hydrogens is 305 g/mol. The molecule has 8 heteroatoms. The number of aromatic nitrogens is 1. The average Bonchev–Trinajstić information content (AvgIpc) is 2.33. The Morgan fingerprint density at radius 1 is 1.40 bits per heavy atom. The van der Waals surface area contributed by atoms with Gasteiger partial charge < -0.3 is 5.73 Å². The molecule has 106 valence electrons. The third kappa shape index (κ3) is 2.83. The van der Waals surface area contributed by atoms with Crippen LogP contribution in [0.2, 0.25) is 5.15 Å². The van der Waals surface area contributed by atoms with Gasteiger partial charge in [0.2, 0.25) is 0 Å². The summed E-state index contributed by atoms with van der Waals surface area (Å²) in [5, 5.41) is 0.262. The molecule has 1 aromatic heterocycles. The molecule has 1 aromatic carbocycles. The fraction of sp³-hybridized carbons (Fsp3) is 0.0833. The fourth-order valence-corrected chi connectivity index (χ4v) is 2.96. The summed E-state index contributed by atoms with van der Waals surface area (Å²) < 4.78 is 40.2. The number of anilines is 2. The number of rotatable bonds is 3. The Hall–Kier alpha value is -1.86. The van der Waals surface area contributed by atoms with E-state index in [0.29, 0.717) is 5.56 Å². The van der Waals surface area contributed by atoms with Crippen LogP contribution in [0.5, 0.6) is 0 Å². The maximum atomic E-state index is 13.7. The lowest BCUT2D eigenvalue weighted by molar-refractivity contribution is 0.572. The molecule has 0 saturated heterocycles. The molecule has 2 aromatic rings. The van der Waals surface area contributed by atoms with Gasteiger partial charge in [-0.15, -0.1) is 0 Å². The van der Waals surface area contributed by atoms with Crippen LogP contribution in [0.25, 0.3) is 0 Å². The summed E-state index contributed by atoms with van der Waals surface area (Å²) in [6.45, 7) is 1.67. The van der Waals surface area contributed by atoms with Crippen LogP contribution < -0.4 is 10.5 Å². The number of nitrogens with zero attached hydrogens (tertiary/aromatic N) is 1. The second-order valence-corrected chi connectivity index (χ2v) is 6.07. The van der Waals surface area contributed by atoms with Gasteiger partial charge in [0.15, 0.2) is 0 Å². The van der Waals surface area contributed by atoms with E-state index >= 15 is 0 Å². The number of sulfonamides is 1. The summed E-state index contributed by atoms with van der Waals surface area (Å²) in [6.07, 6.45) is 1.24. The number of nitrogens with two attached hydrogens (primary N) is 1. The van der Waals surface area contributed by atoms with Crippen LogP contribution in [0.1, 0.15) is 5.56 Å². The molecule has 1 heterocycles. The average molecular weight is 316 g/mol. The highest BCUT2D eigenvalue weighted by Crippen LogP contribution is 2.25. The fourth-order valence-electron chi connectivity index (χ4n) is 1.63. The molecule has 0 aliphatic rings. The van der Waals surface area contributed by atoms with E-state index in [1.165, 1.54) is 24.4 Å². The van der Waals surface area contributed by atoms with Crippen molar-refractivity contribution >= 4 is 33.0 Å². The van der Waals surface area contributed by atoms with Gasteiger partial charge in [-0.2, -0.15) is 0 Å². The number of hydrogen-bond acceptors (Lipinski definition) is 4. The number of nitrogens with one attached hydrogen (secondary N) is 1. The van der Waals surface area contributed by atoms with Gasteiger partial charge in [0.05, 0.1) is 17.6 Å². The Labute approximate surface area is 120 Å². The summed E-state index contributed by atoms with van der Waals surface area (Å²) in [6, 6.07) is 5.15. The van der Waals surface area contributed by atoms with Gasteiger partial charge >= 0.3 is 0 Å². The monoisotopic (exact) mass is 315 g/mol. The highest BCUT2D eigenvalue weighted by Gasteiger charge is 2.22. The first-order chi connectivity index (χ1) is 9.31. The zero-order valence-electron chi connectivity index (χ0n) is 10.4. The Bertz CT molecular complexity index is 745. The summed E-state index contributed by atoms with van der Waals surface area (Å²) in [4.78, 5) is 3.22. The van der Waals surface area contributed by atoms with Gasteiger partial charge in [-0.3, -0.25) is 4.72 Å². The highest BCUT2D eigenvalue weighted by molar-refractivity contribution is 7.92. The van der Waals surface area contributed by atoms with Gasteiger partial charge in [0.1, 0.15) is 15.9 Å². The van der Waals surface area contributed by atoms with Crippen LogP contribution in [0.4, 0.5) is 15.8 Å². The van der Waals surface area contributed by atoms with E-state index in [-0.39, 0.29) is 16.5 Å². The van der Waals surface area contributed by atoms with E-state index in [0.717, 1.165) is 6.07 Å². The molecule has 0 aliphatic heterocycles. The topological polar surface area (TPSA) is 85.1 Å². The number of aryl methyl sites for hydroxylation is 1. The predicted octanol–water partition coefficient (Wildman–Crippen LogP) is 2.57. The molecule has 5 nitrogen and oxygen atoms in total. The third-order valence-corrected chi connectivity index (χ3v) is 4.40. The molecule has 0 saturated carbocycles. The third-order valence-electron chi connectivity index (χ3n) is 2.53. The van der Waals surface area contributed by atoms with Gasteiger partial charge in [-0.05, 0) is 30.7 Å². The smallest absolute Gasteiger partial charge is 0.266 e. The number of benzene rings is 1. The van der Waals surface area contributed by atoms with Crippen molar-refractivity contribution in [2.45, 2.75) is 11.8 Å². The Balaban J connectivity index is 2.43. The SMILES string of the molecule is Cc1cc(NS(=O)(=O)c2c(N)cccc2F)cnc1Cl. The molecule has 0 aliphatic carbocycles. The number of halogens is 2. The lowest BCUT2D eigenvalue weighted by Gasteiger charge is -2.11. The summed E-state index contributed by atoms with van der Waals surface area (Å²) in [7, 11) is -4.14. The summed E-state index contributed by atoms with van der Waals surface area (Å²) in [5.74, 6) is -0.920. The maximum absolute atomic E-state index is 13.7. The van der Waals surface area contributed by atoms with E-state index in [1.807, 2.05) is 0 Å². The minimum atomic E-state index is -4.14. The zero-order chi connectivity index (χ0) is 14.9. The lowest BCUT2D eigenvalue weighted by Crippen LogP contribution is -2.16. The molecule has 20 heavy (non-hydrogen) atoms. The molecule has 3 N–H and O–H groups in total. The van der Waals surface area contributed by atoms with E-state index < -0.39 is 20.7 Å². The molecule has 2 rings (SSSR count). The van der Waals surface area contributed by atoms with Crippen molar-refractivity contribution in [3.63, 3.8) is 0 Å². The highest BCUT2D eigenvalue weighted by atomic mass is 35.5. The lowest BCUT2D eigenvalue weighted by atomic mass is 10.3. The van der Waals surface area contributed by atoms with Crippen molar-refractivity contribution in [1.82, 2.24) is 4.98 Å². The minimum Gasteiger partial charge on any atom is -0.398 e. The molecule has 0 amide bonds.